The molecule has 2 aliphatic rings. The maximum absolute atomic E-state index is 12.3. The summed E-state index contributed by atoms with van der Waals surface area (Å²) in [6, 6.07) is 0. The Balaban J connectivity index is 1.55. The van der Waals surface area contributed by atoms with Crippen LogP contribution in [0.2, 0.25) is 0 Å². The summed E-state index contributed by atoms with van der Waals surface area (Å²) in [4.78, 5) is 34.5. The fraction of sp³-hybridized carbons (Fsp3) is 0.625. The lowest BCUT2D eigenvalue weighted by Gasteiger charge is -2.30. The van der Waals surface area contributed by atoms with Gasteiger partial charge in [-0.3, -0.25) is 9.59 Å². The van der Waals surface area contributed by atoms with Gasteiger partial charge in [-0.1, -0.05) is 0 Å². The van der Waals surface area contributed by atoms with Gasteiger partial charge in [0.1, 0.15) is 5.82 Å². The molecular formula is C16H22N4O2. The highest BCUT2D eigenvalue weighted by atomic mass is 16.2. The zero-order valence-corrected chi connectivity index (χ0v) is 13.0. The molecule has 3 rings (SSSR count). The number of hydrogen-bond donors (Lipinski definition) is 1. The van der Waals surface area contributed by atoms with Crippen LogP contribution in [0, 0.1) is 5.92 Å². The smallest absolute Gasteiger partial charge is 0.225 e. The molecule has 0 bridgehead atoms. The predicted octanol–water partition coefficient (Wildman–Crippen LogP) is 0.840. The third-order valence-electron chi connectivity index (χ3n) is 4.54. The molecule has 2 amide bonds. The molecule has 118 valence electrons. The summed E-state index contributed by atoms with van der Waals surface area (Å²) in [6.07, 6.45) is 6.19. The van der Waals surface area contributed by atoms with E-state index in [0.29, 0.717) is 38.3 Å². The molecule has 2 heterocycles. The Morgan fingerprint density at radius 2 is 2.27 bits per heavy atom. The zero-order valence-electron chi connectivity index (χ0n) is 13.0. The normalized spacial score (nSPS) is 20.9. The predicted molar refractivity (Wildman–Crippen MR) is 80.9 cm³/mol. The molecule has 1 aliphatic heterocycles. The van der Waals surface area contributed by atoms with E-state index in [9.17, 15) is 9.59 Å². The van der Waals surface area contributed by atoms with E-state index in [4.69, 9.17) is 0 Å². The van der Waals surface area contributed by atoms with Gasteiger partial charge in [-0.25, -0.2) is 9.97 Å². The van der Waals surface area contributed by atoms with Gasteiger partial charge in [0.25, 0.3) is 0 Å². The number of aryl methyl sites for hydroxylation is 2. The van der Waals surface area contributed by atoms with Gasteiger partial charge in [-0.15, -0.1) is 0 Å². The molecule has 6 nitrogen and oxygen atoms in total. The first-order chi connectivity index (χ1) is 10.7. The second-order valence-corrected chi connectivity index (χ2v) is 6.00. The quantitative estimate of drug-likeness (QED) is 0.894. The molecule has 0 saturated carbocycles. The molecule has 22 heavy (non-hydrogen) atoms. The van der Waals surface area contributed by atoms with Crippen molar-refractivity contribution in [2.24, 2.45) is 5.92 Å². The molecule has 0 radical (unpaired) electrons. The fourth-order valence-corrected chi connectivity index (χ4v) is 3.19. The first-order valence-corrected chi connectivity index (χ1v) is 8.06. The van der Waals surface area contributed by atoms with Crippen molar-refractivity contribution in [1.82, 2.24) is 20.2 Å². The van der Waals surface area contributed by atoms with Crippen LogP contribution in [0.5, 0.6) is 0 Å². The number of aromatic nitrogens is 2. The molecule has 1 aromatic heterocycles. The van der Waals surface area contributed by atoms with Crippen molar-refractivity contribution in [2.75, 3.05) is 13.1 Å². The number of piperidine rings is 1. The maximum atomic E-state index is 12.3. The lowest BCUT2D eigenvalue weighted by molar-refractivity contribution is -0.138. The number of fused-ring (bicyclic) bond motifs is 1. The monoisotopic (exact) mass is 302 g/mol. The Labute approximate surface area is 130 Å². The molecule has 1 aliphatic carbocycles. The maximum Gasteiger partial charge on any atom is 0.225 e. The van der Waals surface area contributed by atoms with Gasteiger partial charge in [0.2, 0.25) is 11.8 Å². The van der Waals surface area contributed by atoms with E-state index in [-0.39, 0.29) is 17.7 Å². The van der Waals surface area contributed by atoms with E-state index >= 15 is 0 Å². The summed E-state index contributed by atoms with van der Waals surface area (Å²) in [5.74, 6) is 0.698. The Kier molecular flexibility index (Phi) is 4.36. The highest BCUT2D eigenvalue weighted by Crippen LogP contribution is 2.19. The second kappa shape index (κ2) is 6.42. The number of amides is 2. The number of hydrogen-bond acceptors (Lipinski definition) is 4. The summed E-state index contributed by atoms with van der Waals surface area (Å²) >= 11 is 0. The van der Waals surface area contributed by atoms with Gasteiger partial charge in [0.05, 0.1) is 12.5 Å². The highest BCUT2D eigenvalue weighted by molar-refractivity contribution is 5.83. The van der Waals surface area contributed by atoms with Gasteiger partial charge in [-0.2, -0.15) is 0 Å². The van der Waals surface area contributed by atoms with Crippen LogP contribution in [-0.4, -0.2) is 39.8 Å². The lowest BCUT2D eigenvalue weighted by atomic mass is 9.96. The molecule has 0 spiro atoms. The molecule has 1 unspecified atom stereocenters. The highest BCUT2D eigenvalue weighted by Gasteiger charge is 2.29. The van der Waals surface area contributed by atoms with Crippen molar-refractivity contribution in [1.29, 1.82) is 0 Å². The van der Waals surface area contributed by atoms with Crippen molar-refractivity contribution in [3.8, 4) is 0 Å². The van der Waals surface area contributed by atoms with Crippen molar-refractivity contribution in [2.45, 2.75) is 45.6 Å². The molecule has 1 saturated heterocycles. The number of nitrogens with one attached hydrogen (secondary N) is 1. The number of rotatable bonds is 4. The zero-order chi connectivity index (χ0) is 15.5. The lowest BCUT2D eigenvalue weighted by Crippen LogP contribution is -2.45. The average Bonchev–Trinajstić information content (AvgIpc) is 3.00. The first kappa shape index (κ1) is 14.9. The summed E-state index contributed by atoms with van der Waals surface area (Å²) in [6.45, 7) is 3.49. The Morgan fingerprint density at radius 1 is 1.41 bits per heavy atom. The van der Waals surface area contributed by atoms with E-state index in [1.54, 1.807) is 4.90 Å². The van der Waals surface area contributed by atoms with E-state index < -0.39 is 0 Å². The van der Waals surface area contributed by atoms with Crippen LogP contribution >= 0.6 is 0 Å². The third kappa shape index (κ3) is 3.10. The fourth-order valence-electron chi connectivity index (χ4n) is 3.19. The van der Waals surface area contributed by atoms with Gasteiger partial charge >= 0.3 is 0 Å². The molecule has 6 heteroatoms. The first-order valence-electron chi connectivity index (χ1n) is 8.06. The molecule has 1 fully saturated rings. The summed E-state index contributed by atoms with van der Waals surface area (Å²) < 4.78 is 0. The Hall–Kier alpha value is -1.98. The van der Waals surface area contributed by atoms with E-state index in [2.05, 4.69) is 15.3 Å². The molecular weight excluding hydrogens is 280 g/mol. The van der Waals surface area contributed by atoms with Crippen molar-refractivity contribution >= 4 is 11.8 Å². The van der Waals surface area contributed by atoms with Crippen molar-refractivity contribution < 1.29 is 9.59 Å². The van der Waals surface area contributed by atoms with E-state index in [1.165, 1.54) is 5.56 Å². The second-order valence-electron chi connectivity index (χ2n) is 6.00. The van der Waals surface area contributed by atoms with Crippen molar-refractivity contribution in [3.63, 3.8) is 0 Å². The summed E-state index contributed by atoms with van der Waals surface area (Å²) in [5, 5.41) is 2.92. The Morgan fingerprint density at radius 3 is 3.09 bits per heavy atom. The topological polar surface area (TPSA) is 75.2 Å². The summed E-state index contributed by atoms with van der Waals surface area (Å²) in [7, 11) is 0. The molecule has 0 aromatic carbocycles. The number of nitrogens with zero attached hydrogens (tertiary/aromatic N) is 3. The van der Waals surface area contributed by atoms with Gasteiger partial charge in [-0.05, 0) is 38.2 Å². The van der Waals surface area contributed by atoms with Gasteiger partial charge < -0.3 is 10.2 Å². The molecule has 1 atom stereocenters. The molecule has 1 N–H and O–H groups in total. The minimum Gasteiger partial charge on any atom is -0.349 e. The minimum atomic E-state index is -0.118. The standard InChI is InChI=1S/C16H22N4O2/c1-2-20-10-12(6-7-15(20)21)16(22)18-9-14-17-8-11-4-3-5-13(11)19-14/h8,12H,2-7,9-10H2,1H3,(H,18,22). The van der Waals surface area contributed by atoms with E-state index in [0.717, 1.165) is 25.0 Å². The van der Waals surface area contributed by atoms with Crippen LogP contribution < -0.4 is 5.32 Å². The largest absolute Gasteiger partial charge is 0.349 e. The Bertz CT molecular complexity index is 588. The number of carbonyl (C=O) groups is 2. The molecule has 1 aromatic rings. The van der Waals surface area contributed by atoms with Gasteiger partial charge in [0, 0.05) is 31.4 Å². The van der Waals surface area contributed by atoms with Crippen LogP contribution in [0.4, 0.5) is 0 Å². The SMILES string of the molecule is CCN1CC(C(=O)NCc2ncc3c(n2)CCC3)CCC1=O. The van der Waals surface area contributed by atoms with Crippen LogP contribution in [0.1, 0.15) is 43.3 Å². The van der Waals surface area contributed by atoms with Crippen LogP contribution in [-0.2, 0) is 29.0 Å². The minimum absolute atomic E-state index is 0.00458. The van der Waals surface area contributed by atoms with E-state index in [1.807, 2.05) is 13.1 Å². The van der Waals surface area contributed by atoms with Crippen LogP contribution in [0.15, 0.2) is 6.20 Å². The average molecular weight is 302 g/mol. The number of carbonyl (C=O) groups excluding carboxylic acids is 2. The van der Waals surface area contributed by atoms with Crippen LogP contribution in [0.25, 0.3) is 0 Å². The number of likely N-dealkylation sites (tertiary alicyclic amines) is 1. The van der Waals surface area contributed by atoms with Gasteiger partial charge in [0.15, 0.2) is 0 Å². The van der Waals surface area contributed by atoms with Crippen LogP contribution in [0.3, 0.4) is 0 Å². The van der Waals surface area contributed by atoms with Crippen molar-refractivity contribution in [3.05, 3.63) is 23.3 Å². The third-order valence-corrected chi connectivity index (χ3v) is 4.54. The summed E-state index contributed by atoms with van der Waals surface area (Å²) in [5.41, 5.74) is 2.36.